The van der Waals surface area contributed by atoms with Crippen LogP contribution in [0.25, 0.3) is 0 Å². The van der Waals surface area contributed by atoms with Crippen molar-refractivity contribution in [1.82, 2.24) is 5.32 Å². The summed E-state index contributed by atoms with van der Waals surface area (Å²) in [6.45, 7) is 2.74. The maximum absolute atomic E-state index is 10.1. The van der Waals surface area contributed by atoms with Crippen molar-refractivity contribution in [3.8, 4) is 0 Å². The molecule has 0 aromatic rings. The second-order valence-electron chi connectivity index (χ2n) is 2.70. The molecule has 5 heteroatoms. The maximum Gasteiger partial charge on any atom is 0.404 e. The lowest BCUT2D eigenvalue weighted by molar-refractivity contribution is 0.103. The first-order chi connectivity index (χ1) is 5.79. The summed E-state index contributed by atoms with van der Waals surface area (Å²) in [7, 11) is 0. The normalized spacial score (nSPS) is 20.0. The van der Waals surface area contributed by atoms with Gasteiger partial charge >= 0.3 is 6.09 Å². The van der Waals surface area contributed by atoms with E-state index in [1.807, 2.05) is 0 Å². The highest BCUT2D eigenvalue weighted by Gasteiger charge is 2.13. The fourth-order valence-electron chi connectivity index (χ4n) is 1.02. The molecule has 1 saturated heterocycles. The smallest absolute Gasteiger partial charge is 0.404 e. The Kier molecular flexibility index (Phi) is 3.83. The van der Waals surface area contributed by atoms with Crippen LogP contribution in [0.4, 0.5) is 4.79 Å². The molecule has 1 heterocycles. The molecule has 0 aromatic carbocycles. The van der Waals surface area contributed by atoms with Crippen LogP contribution in [-0.4, -0.2) is 44.2 Å². The number of hydrogen-bond acceptors (Lipinski definition) is 3. The Hall–Kier alpha value is -0.810. The van der Waals surface area contributed by atoms with Crippen LogP contribution >= 0.6 is 0 Å². The van der Waals surface area contributed by atoms with Gasteiger partial charge in [-0.25, -0.2) is 4.79 Å². The average Bonchev–Trinajstić information content (AvgIpc) is 2.28. The molecule has 0 radical (unpaired) electrons. The Bertz CT molecular complexity index is 142. The first kappa shape index (κ1) is 9.28. The molecule has 1 fully saturated rings. The third-order valence-corrected chi connectivity index (χ3v) is 1.62. The van der Waals surface area contributed by atoms with Gasteiger partial charge in [-0.3, -0.25) is 0 Å². The van der Waals surface area contributed by atoms with E-state index >= 15 is 0 Å². The van der Waals surface area contributed by atoms with Crippen LogP contribution in [-0.2, 0) is 9.47 Å². The molecule has 1 amide bonds. The van der Waals surface area contributed by atoms with Gasteiger partial charge in [-0.05, 0) is 0 Å². The predicted octanol–water partition coefficient (Wildman–Crippen LogP) is -0.0830. The van der Waals surface area contributed by atoms with Crippen LogP contribution in [0.15, 0.2) is 0 Å². The van der Waals surface area contributed by atoms with Crippen LogP contribution < -0.4 is 5.32 Å². The number of ether oxygens (including phenoxy) is 2. The standard InChI is InChI=1S/C7H13NO4/c9-7(10)8-3-6-4-11-1-2-12-5-6/h6,8H,1-5H2,(H,9,10). The van der Waals surface area contributed by atoms with Gasteiger partial charge < -0.3 is 19.9 Å². The topological polar surface area (TPSA) is 67.8 Å². The van der Waals surface area contributed by atoms with E-state index in [9.17, 15) is 4.79 Å². The summed E-state index contributed by atoms with van der Waals surface area (Å²) in [5, 5.41) is 10.6. The number of hydrogen-bond donors (Lipinski definition) is 2. The van der Waals surface area contributed by atoms with Crippen LogP contribution in [0.5, 0.6) is 0 Å². The summed E-state index contributed by atoms with van der Waals surface area (Å²) < 4.78 is 10.4. The van der Waals surface area contributed by atoms with Gasteiger partial charge in [0.05, 0.1) is 26.4 Å². The van der Waals surface area contributed by atoms with E-state index < -0.39 is 6.09 Å². The zero-order valence-corrected chi connectivity index (χ0v) is 6.78. The SMILES string of the molecule is O=C(O)NCC1COCCOC1. The van der Waals surface area contributed by atoms with E-state index in [1.54, 1.807) is 0 Å². The molecule has 0 bridgehead atoms. The van der Waals surface area contributed by atoms with E-state index in [-0.39, 0.29) is 5.92 Å². The van der Waals surface area contributed by atoms with Crippen molar-refractivity contribution in [2.24, 2.45) is 5.92 Å². The monoisotopic (exact) mass is 175 g/mol. The highest BCUT2D eigenvalue weighted by atomic mass is 16.5. The summed E-state index contributed by atoms with van der Waals surface area (Å²) in [5.41, 5.74) is 0. The van der Waals surface area contributed by atoms with Crippen molar-refractivity contribution >= 4 is 6.09 Å². The van der Waals surface area contributed by atoms with E-state index in [4.69, 9.17) is 14.6 Å². The Labute approximate surface area is 70.7 Å². The molecule has 0 aromatic heterocycles. The fraction of sp³-hybridized carbons (Fsp3) is 0.857. The highest BCUT2D eigenvalue weighted by molar-refractivity contribution is 5.64. The largest absolute Gasteiger partial charge is 0.465 e. The van der Waals surface area contributed by atoms with Crippen molar-refractivity contribution in [3.63, 3.8) is 0 Å². The third-order valence-electron chi connectivity index (χ3n) is 1.62. The van der Waals surface area contributed by atoms with Gasteiger partial charge in [0.15, 0.2) is 0 Å². The Morgan fingerprint density at radius 1 is 1.42 bits per heavy atom. The first-order valence-electron chi connectivity index (χ1n) is 3.91. The molecule has 0 atom stereocenters. The molecule has 0 unspecified atom stereocenters. The zero-order chi connectivity index (χ0) is 8.81. The van der Waals surface area contributed by atoms with Crippen LogP contribution in [0, 0.1) is 5.92 Å². The minimum absolute atomic E-state index is 0.142. The Balaban J connectivity index is 2.16. The lowest BCUT2D eigenvalue weighted by Crippen LogP contribution is -2.31. The van der Waals surface area contributed by atoms with Gasteiger partial charge in [-0.1, -0.05) is 0 Å². The van der Waals surface area contributed by atoms with E-state index in [1.165, 1.54) is 0 Å². The molecule has 0 spiro atoms. The Morgan fingerprint density at radius 2 is 2.00 bits per heavy atom. The highest BCUT2D eigenvalue weighted by Crippen LogP contribution is 2.01. The second kappa shape index (κ2) is 4.95. The number of rotatable bonds is 2. The van der Waals surface area contributed by atoms with Crippen molar-refractivity contribution in [1.29, 1.82) is 0 Å². The summed E-state index contributed by atoms with van der Waals surface area (Å²) >= 11 is 0. The summed E-state index contributed by atoms with van der Waals surface area (Å²) in [6.07, 6.45) is -1.00. The number of amides is 1. The Morgan fingerprint density at radius 3 is 2.50 bits per heavy atom. The summed E-state index contributed by atoms with van der Waals surface area (Å²) in [6, 6.07) is 0. The third kappa shape index (κ3) is 3.54. The molecule has 0 saturated carbocycles. The molecule has 5 nitrogen and oxygen atoms in total. The molecule has 1 aliphatic rings. The lowest BCUT2D eigenvalue weighted by Gasteiger charge is -2.11. The van der Waals surface area contributed by atoms with Crippen molar-refractivity contribution < 1.29 is 19.4 Å². The molecule has 70 valence electrons. The van der Waals surface area contributed by atoms with Crippen molar-refractivity contribution in [2.75, 3.05) is 33.0 Å². The summed E-state index contributed by atoms with van der Waals surface area (Å²) in [4.78, 5) is 10.1. The summed E-state index contributed by atoms with van der Waals surface area (Å²) in [5.74, 6) is 0.142. The van der Waals surface area contributed by atoms with Gasteiger partial charge in [0.1, 0.15) is 0 Å². The van der Waals surface area contributed by atoms with E-state index in [2.05, 4.69) is 5.32 Å². The van der Waals surface area contributed by atoms with Gasteiger partial charge in [-0.2, -0.15) is 0 Å². The predicted molar refractivity (Wildman–Crippen MR) is 41.2 cm³/mol. The van der Waals surface area contributed by atoms with Gasteiger partial charge in [-0.15, -0.1) is 0 Å². The molecule has 0 aliphatic carbocycles. The van der Waals surface area contributed by atoms with Crippen LogP contribution in [0.1, 0.15) is 0 Å². The molecule has 1 rings (SSSR count). The molecule has 12 heavy (non-hydrogen) atoms. The minimum atomic E-state index is -1.00. The van der Waals surface area contributed by atoms with E-state index in [0.29, 0.717) is 33.0 Å². The maximum atomic E-state index is 10.1. The number of nitrogens with one attached hydrogen (secondary N) is 1. The lowest BCUT2D eigenvalue weighted by atomic mass is 10.2. The first-order valence-corrected chi connectivity index (χ1v) is 3.91. The minimum Gasteiger partial charge on any atom is -0.465 e. The van der Waals surface area contributed by atoms with Gasteiger partial charge in [0.2, 0.25) is 0 Å². The van der Waals surface area contributed by atoms with Gasteiger partial charge in [0.25, 0.3) is 0 Å². The quantitative estimate of drug-likeness (QED) is 0.615. The molecular formula is C7H13NO4. The average molecular weight is 175 g/mol. The second-order valence-corrected chi connectivity index (χ2v) is 2.70. The number of carboxylic acid groups (broad SMARTS) is 1. The van der Waals surface area contributed by atoms with Gasteiger partial charge in [0, 0.05) is 12.5 Å². The molecular weight excluding hydrogens is 162 g/mol. The number of carbonyl (C=O) groups is 1. The van der Waals surface area contributed by atoms with Crippen molar-refractivity contribution in [3.05, 3.63) is 0 Å². The van der Waals surface area contributed by atoms with Crippen LogP contribution in [0.3, 0.4) is 0 Å². The van der Waals surface area contributed by atoms with Crippen LogP contribution in [0.2, 0.25) is 0 Å². The fourth-order valence-corrected chi connectivity index (χ4v) is 1.02. The zero-order valence-electron chi connectivity index (χ0n) is 6.78. The molecule has 2 N–H and O–H groups in total. The van der Waals surface area contributed by atoms with Crippen molar-refractivity contribution in [2.45, 2.75) is 0 Å². The molecule has 1 aliphatic heterocycles. The van der Waals surface area contributed by atoms with E-state index in [0.717, 1.165) is 0 Å².